The number of carbonyl (C=O) groups is 3. The van der Waals surface area contributed by atoms with Gasteiger partial charge in [0.25, 0.3) is 0 Å². The van der Waals surface area contributed by atoms with E-state index in [1.165, 1.54) is 30.5 Å². The molecule has 1 fully saturated rings. The number of hydrogen-bond donors (Lipinski definition) is 4. The quantitative estimate of drug-likeness (QED) is 0.124. The third kappa shape index (κ3) is 7.24. The molecule has 1 aliphatic rings. The van der Waals surface area contributed by atoms with Crippen molar-refractivity contribution >= 4 is 29.2 Å². The number of halogens is 2. The first kappa shape index (κ1) is 29.4. The zero-order valence-electron chi connectivity index (χ0n) is 23.3. The van der Waals surface area contributed by atoms with E-state index >= 15 is 0 Å². The van der Waals surface area contributed by atoms with Crippen molar-refractivity contribution in [1.82, 2.24) is 9.97 Å². The SMILES string of the molecule is Cc1ccc(F)c(NC(=O)Nc2ccc(Oc3ccnc(-c4cc(C(=O)C5CCCC(C(=O)O)CC5)c[nH]4)c3)cc2F)c1. The number of H-pyrrole nitrogens is 1. The summed E-state index contributed by atoms with van der Waals surface area (Å²) in [7, 11) is 0. The monoisotopic (exact) mass is 588 g/mol. The maximum absolute atomic E-state index is 14.8. The predicted molar refractivity (Wildman–Crippen MR) is 156 cm³/mol. The average Bonchev–Trinajstić information content (AvgIpc) is 3.34. The van der Waals surface area contributed by atoms with Crippen molar-refractivity contribution in [2.45, 2.75) is 39.0 Å². The number of amides is 2. The number of carboxylic acid groups (broad SMARTS) is 1. The normalized spacial score (nSPS) is 16.6. The van der Waals surface area contributed by atoms with Gasteiger partial charge in [0.15, 0.2) is 5.78 Å². The predicted octanol–water partition coefficient (Wildman–Crippen LogP) is 7.56. The molecule has 2 unspecified atom stereocenters. The van der Waals surface area contributed by atoms with Crippen molar-refractivity contribution in [1.29, 1.82) is 0 Å². The minimum absolute atomic E-state index is 0.0248. The number of ether oxygens (including phenoxy) is 1. The molecule has 0 aliphatic heterocycles. The first-order valence-corrected chi connectivity index (χ1v) is 13.9. The molecule has 5 rings (SSSR count). The molecule has 1 saturated carbocycles. The number of Topliss-reactive ketones (excluding diaryl/α,β-unsaturated/α-hetero) is 1. The number of aromatic amines is 1. The third-order valence-corrected chi connectivity index (χ3v) is 7.46. The number of urea groups is 1. The lowest BCUT2D eigenvalue weighted by Gasteiger charge is -2.12. The average molecular weight is 589 g/mol. The van der Waals surface area contributed by atoms with Gasteiger partial charge >= 0.3 is 12.0 Å². The Kier molecular flexibility index (Phi) is 8.79. The number of carboxylic acids is 1. The molecule has 43 heavy (non-hydrogen) atoms. The van der Waals surface area contributed by atoms with Crippen LogP contribution < -0.4 is 15.4 Å². The number of aryl methyl sites for hydroxylation is 1. The summed E-state index contributed by atoms with van der Waals surface area (Å²) in [5, 5.41) is 14.0. The Bertz CT molecular complexity index is 1670. The summed E-state index contributed by atoms with van der Waals surface area (Å²) in [6, 6.07) is 12.3. The van der Waals surface area contributed by atoms with Crippen LogP contribution in [0.2, 0.25) is 0 Å². The molecular weight excluding hydrogens is 558 g/mol. The lowest BCUT2D eigenvalue weighted by atomic mass is 9.91. The summed E-state index contributed by atoms with van der Waals surface area (Å²) in [6.45, 7) is 1.75. The highest BCUT2D eigenvalue weighted by Crippen LogP contribution is 2.32. The molecule has 222 valence electrons. The molecule has 0 radical (unpaired) electrons. The number of nitrogens with zero attached hydrogens (tertiary/aromatic N) is 1. The van der Waals surface area contributed by atoms with Gasteiger partial charge in [0.1, 0.15) is 23.1 Å². The second kappa shape index (κ2) is 12.8. The number of ketones is 1. The number of aromatic nitrogens is 2. The first-order chi connectivity index (χ1) is 20.7. The fourth-order valence-corrected chi connectivity index (χ4v) is 5.16. The Morgan fingerprint density at radius 1 is 0.884 bits per heavy atom. The van der Waals surface area contributed by atoms with Crippen molar-refractivity contribution in [3.63, 3.8) is 0 Å². The van der Waals surface area contributed by atoms with Crippen LogP contribution in [0.3, 0.4) is 0 Å². The number of pyridine rings is 1. The van der Waals surface area contributed by atoms with E-state index in [0.717, 1.165) is 11.6 Å². The van der Waals surface area contributed by atoms with Gasteiger partial charge in [-0.15, -0.1) is 0 Å². The fourth-order valence-electron chi connectivity index (χ4n) is 5.16. The van der Waals surface area contributed by atoms with E-state index in [1.54, 1.807) is 37.4 Å². The van der Waals surface area contributed by atoms with Crippen LogP contribution in [0, 0.1) is 30.4 Å². The zero-order valence-corrected chi connectivity index (χ0v) is 23.3. The Morgan fingerprint density at radius 3 is 2.42 bits per heavy atom. The molecule has 4 N–H and O–H groups in total. The Morgan fingerprint density at radius 2 is 1.63 bits per heavy atom. The summed E-state index contributed by atoms with van der Waals surface area (Å²) < 4.78 is 34.5. The van der Waals surface area contributed by atoms with E-state index < -0.39 is 29.6 Å². The van der Waals surface area contributed by atoms with Crippen molar-refractivity contribution in [3.8, 4) is 22.9 Å². The first-order valence-electron chi connectivity index (χ1n) is 13.9. The Hall–Kier alpha value is -5.06. The molecule has 2 aromatic carbocycles. The van der Waals surface area contributed by atoms with Gasteiger partial charge in [0.2, 0.25) is 0 Å². The van der Waals surface area contributed by atoms with Gasteiger partial charge < -0.3 is 25.5 Å². The number of nitrogens with one attached hydrogen (secondary N) is 3. The van der Waals surface area contributed by atoms with E-state index in [2.05, 4.69) is 20.6 Å². The molecule has 9 nitrogen and oxygen atoms in total. The van der Waals surface area contributed by atoms with Gasteiger partial charge in [0.05, 0.1) is 28.7 Å². The smallest absolute Gasteiger partial charge is 0.323 e. The number of aliphatic carboxylic acids is 1. The second-order valence-corrected chi connectivity index (χ2v) is 10.6. The van der Waals surface area contributed by atoms with Crippen molar-refractivity contribution in [3.05, 3.63) is 89.8 Å². The molecule has 11 heteroatoms. The highest BCUT2D eigenvalue weighted by atomic mass is 19.1. The summed E-state index contributed by atoms with van der Waals surface area (Å²) in [6.07, 6.45) is 6.11. The maximum atomic E-state index is 14.8. The molecular formula is C32H30F2N4O5. The van der Waals surface area contributed by atoms with Gasteiger partial charge in [-0.05, 0) is 74.6 Å². The van der Waals surface area contributed by atoms with Gasteiger partial charge in [-0.25, -0.2) is 13.6 Å². The topological polar surface area (TPSA) is 133 Å². The van der Waals surface area contributed by atoms with E-state index in [0.29, 0.717) is 54.8 Å². The third-order valence-electron chi connectivity index (χ3n) is 7.46. The minimum Gasteiger partial charge on any atom is -0.481 e. The number of hydrogen-bond acceptors (Lipinski definition) is 5. The number of carbonyl (C=O) groups excluding carboxylic acids is 2. The number of anilines is 2. The summed E-state index contributed by atoms with van der Waals surface area (Å²) in [5.74, 6) is -2.29. The second-order valence-electron chi connectivity index (χ2n) is 10.6. The lowest BCUT2D eigenvalue weighted by Crippen LogP contribution is -2.20. The van der Waals surface area contributed by atoms with E-state index in [4.69, 9.17) is 4.74 Å². The fraction of sp³-hybridized carbons (Fsp3) is 0.250. The molecule has 2 heterocycles. The van der Waals surface area contributed by atoms with Crippen LogP contribution in [-0.4, -0.2) is 32.9 Å². The molecule has 2 aromatic heterocycles. The standard InChI is InChI=1S/C32H30F2N4O5/c1-18-5-9-24(33)27(13-18)38-32(42)37-26-10-8-22(15-25(26)34)43-23-11-12-35-29(16-23)28-14-21(17-36-28)30(39)19-3-2-4-20(7-6-19)31(40)41/h5,8-17,19-20,36H,2-4,6-7H2,1H3,(H,40,41)(H2,37,38,42). The van der Waals surface area contributed by atoms with Crippen LogP contribution in [0.25, 0.3) is 11.4 Å². The minimum atomic E-state index is -0.806. The van der Waals surface area contributed by atoms with Crippen LogP contribution >= 0.6 is 0 Å². The van der Waals surface area contributed by atoms with Crippen LogP contribution in [0.4, 0.5) is 25.0 Å². The van der Waals surface area contributed by atoms with Crippen molar-refractivity contribution in [2.24, 2.45) is 11.8 Å². The van der Waals surface area contributed by atoms with E-state index in [9.17, 15) is 28.3 Å². The van der Waals surface area contributed by atoms with Crippen molar-refractivity contribution < 1.29 is 33.0 Å². The van der Waals surface area contributed by atoms with Crippen LogP contribution in [0.15, 0.2) is 67.0 Å². The van der Waals surface area contributed by atoms with Crippen LogP contribution in [0.5, 0.6) is 11.5 Å². The molecule has 0 bridgehead atoms. The highest BCUT2D eigenvalue weighted by Gasteiger charge is 2.28. The largest absolute Gasteiger partial charge is 0.481 e. The summed E-state index contributed by atoms with van der Waals surface area (Å²) in [5.41, 5.74) is 2.20. The molecule has 0 spiro atoms. The van der Waals surface area contributed by atoms with Gasteiger partial charge in [0, 0.05) is 36.0 Å². The van der Waals surface area contributed by atoms with Crippen LogP contribution in [-0.2, 0) is 4.79 Å². The maximum Gasteiger partial charge on any atom is 0.323 e. The van der Waals surface area contributed by atoms with E-state index in [1.807, 2.05) is 0 Å². The molecule has 1 aliphatic carbocycles. The number of rotatable bonds is 8. The molecule has 2 amide bonds. The molecule has 2 atom stereocenters. The lowest BCUT2D eigenvalue weighted by molar-refractivity contribution is -0.142. The Labute approximate surface area is 246 Å². The van der Waals surface area contributed by atoms with Gasteiger partial charge in [-0.3, -0.25) is 14.6 Å². The summed E-state index contributed by atoms with van der Waals surface area (Å²) in [4.78, 5) is 44.2. The van der Waals surface area contributed by atoms with Gasteiger partial charge in [-0.2, -0.15) is 0 Å². The van der Waals surface area contributed by atoms with E-state index in [-0.39, 0.29) is 28.8 Å². The van der Waals surface area contributed by atoms with Crippen molar-refractivity contribution in [2.75, 3.05) is 10.6 Å². The Balaban J connectivity index is 1.22. The van der Waals surface area contributed by atoms with Crippen LogP contribution in [0.1, 0.15) is 48.0 Å². The molecule has 4 aromatic rings. The summed E-state index contributed by atoms with van der Waals surface area (Å²) >= 11 is 0. The molecule has 0 saturated heterocycles. The van der Waals surface area contributed by atoms with Gasteiger partial charge in [-0.1, -0.05) is 12.5 Å². The zero-order chi connectivity index (χ0) is 30.5. The number of benzene rings is 2. The highest BCUT2D eigenvalue weighted by molar-refractivity contribution is 6.00.